The lowest BCUT2D eigenvalue weighted by molar-refractivity contribution is -0.0973. The maximum atomic E-state index is 14.2. The minimum atomic E-state index is -0.531. The predicted molar refractivity (Wildman–Crippen MR) is 118 cm³/mol. The van der Waals surface area contributed by atoms with Crippen LogP contribution in [-0.2, 0) is 4.74 Å². The molecule has 0 bridgehead atoms. The van der Waals surface area contributed by atoms with Crippen molar-refractivity contribution in [2.45, 2.75) is 26.3 Å². The van der Waals surface area contributed by atoms with Gasteiger partial charge in [-0.25, -0.2) is 8.78 Å². The Balaban J connectivity index is 0.00000280. The second kappa shape index (κ2) is 10.2. The lowest BCUT2D eigenvalue weighted by atomic mass is 9.89. The van der Waals surface area contributed by atoms with E-state index in [9.17, 15) is 8.78 Å². The molecule has 1 unspecified atom stereocenters. The molecule has 1 N–H and O–H groups in total. The van der Waals surface area contributed by atoms with Gasteiger partial charge in [-0.3, -0.25) is 9.89 Å². The van der Waals surface area contributed by atoms with E-state index in [4.69, 9.17) is 4.74 Å². The molecule has 0 spiro atoms. The first kappa shape index (κ1) is 23.3. The molecular formula is C20H31F2IN4O. The third-order valence-electron chi connectivity index (χ3n) is 5.55. The lowest BCUT2D eigenvalue weighted by Crippen LogP contribution is -2.56. The lowest BCUT2D eigenvalue weighted by Gasteiger charge is -2.42. The summed E-state index contributed by atoms with van der Waals surface area (Å²) >= 11 is 0. The Morgan fingerprint density at radius 3 is 2.43 bits per heavy atom. The normalized spacial score (nSPS) is 20.9. The number of nitrogens with one attached hydrogen (secondary N) is 1. The van der Waals surface area contributed by atoms with Crippen molar-refractivity contribution < 1.29 is 13.5 Å². The van der Waals surface area contributed by atoms with E-state index in [1.54, 1.807) is 13.1 Å². The van der Waals surface area contributed by atoms with Gasteiger partial charge >= 0.3 is 0 Å². The number of guanidine groups is 1. The van der Waals surface area contributed by atoms with E-state index in [0.29, 0.717) is 5.56 Å². The summed E-state index contributed by atoms with van der Waals surface area (Å²) in [5.74, 6) is -0.0853. The van der Waals surface area contributed by atoms with E-state index in [0.717, 1.165) is 64.4 Å². The molecule has 0 radical (unpaired) electrons. The number of piperazine rings is 1. The summed E-state index contributed by atoms with van der Waals surface area (Å²) in [4.78, 5) is 8.94. The average molecular weight is 508 g/mol. The molecule has 2 heterocycles. The standard InChI is InChI=1S/C20H30F2N4O.HI/c1-4-18(16-6-5-15(21)11-17(16)22)25-7-9-26(10-8-25)19(23-3)24-12-20(2)13-27-14-20;/h5-6,11,18H,4,7-10,12-14H2,1-3H3,(H,23,24);1H. The molecule has 2 fully saturated rings. The molecule has 2 saturated heterocycles. The topological polar surface area (TPSA) is 40.1 Å². The highest BCUT2D eigenvalue weighted by atomic mass is 127. The van der Waals surface area contributed by atoms with Crippen LogP contribution in [0.25, 0.3) is 0 Å². The Hall–Kier alpha value is -1.00. The monoisotopic (exact) mass is 508 g/mol. The van der Waals surface area contributed by atoms with Crippen molar-refractivity contribution in [2.75, 3.05) is 53.0 Å². The summed E-state index contributed by atoms with van der Waals surface area (Å²) < 4.78 is 32.8. The van der Waals surface area contributed by atoms with Gasteiger partial charge in [0.15, 0.2) is 5.96 Å². The molecule has 0 saturated carbocycles. The predicted octanol–water partition coefficient (Wildman–Crippen LogP) is 3.26. The van der Waals surface area contributed by atoms with Crippen LogP contribution in [0.5, 0.6) is 0 Å². The van der Waals surface area contributed by atoms with Crippen LogP contribution < -0.4 is 5.32 Å². The third kappa shape index (κ3) is 5.33. The fraction of sp³-hybridized carbons (Fsp3) is 0.650. The molecule has 5 nitrogen and oxygen atoms in total. The van der Waals surface area contributed by atoms with Crippen LogP contribution in [0, 0.1) is 17.0 Å². The number of halogens is 3. The molecule has 1 atom stereocenters. The second-order valence-corrected chi connectivity index (χ2v) is 7.82. The summed E-state index contributed by atoms with van der Waals surface area (Å²) in [5, 5.41) is 3.46. The summed E-state index contributed by atoms with van der Waals surface area (Å²) in [6.07, 6.45) is 0.786. The number of aliphatic imine (C=N–C) groups is 1. The van der Waals surface area contributed by atoms with Gasteiger partial charge in [0.05, 0.1) is 13.2 Å². The van der Waals surface area contributed by atoms with Gasteiger partial charge in [-0.2, -0.15) is 0 Å². The molecule has 2 aliphatic heterocycles. The van der Waals surface area contributed by atoms with Gasteiger partial charge in [-0.15, -0.1) is 24.0 Å². The number of rotatable bonds is 5. The van der Waals surface area contributed by atoms with Crippen molar-refractivity contribution in [2.24, 2.45) is 10.4 Å². The Labute approximate surface area is 183 Å². The molecule has 1 aromatic rings. The number of ether oxygens (including phenoxy) is 1. The van der Waals surface area contributed by atoms with Gasteiger partial charge in [0.2, 0.25) is 0 Å². The van der Waals surface area contributed by atoms with E-state index in [1.807, 2.05) is 6.92 Å². The molecule has 158 valence electrons. The summed E-state index contributed by atoms with van der Waals surface area (Å²) in [7, 11) is 1.80. The highest BCUT2D eigenvalue weighted by molar-refractivity contribution is 14.0. The molecule has 2 aliphatic rings. The minimum absolute atomic E-state index is 0. The number of nitrogens with zero attached hydrogens (tertiary/aromatic N) is 3. The van der Waals surface area contributed by atoms with Crippen molar-refractivity contribution in [3.63, 3.8) is 0 Å². The first-order chi connectivity index (χ1) is 13.0. The molecule has 0 aliphatic carbocycles. The molecule has 1 aromatic carbocycles. The average Bonchev–Trinajstić information content (AvgIpc) is 2.64. The van der Waals surface area contributed by atoms with Crippen LogP contribution in [-0.4, -0.2) is 68.7 Å². The maximum Gasteiger partial charge on any atom is 0.193 e. The number of hydrogen-bond acceptors (Lipinski definition) is 3. The summed E-state index contributed by atoms with van der Waals surface area (Å²) in [6.45, 7) is 9.95. The zero-order valence-corrected chi connectivity index (χ0v) is 19.2. The Morgan fingerprint density at radius 2 is 1.93 bits per heavy atom. The molecule has 0 aromatic heterocycles. The van der Waals surface area contributed by atoms with Crippen molar-refractivity contribution in [1.82, 2.24) is 15.1 Å². The van der Waals surface area contributed by atoms with Crippen LogP contribution in [0.4, 0.5) is 8.78 Å². The van der Waals surface area contributed by atoms with Crippen LogP contribution in [0.1, 0.15) is 31.9 Å². The van der Waals surface area contributed by atoms with Gasteiger partial charge in [0.1, 0.15) is 11.6 Å². The highest BCUT2D eigenvalue weighted by Crippen LogP contribution is 2.28. The molecule has 0 amide bonds. The van der Waals surface area contributed by atoms with Crippen molar-refractivity contribution in [1.29, 1.82) is 0 Å². The Morgan fingerprint density at radius 1 is 1.25 bits per heavy atom. The summed E-state index contributed by atoms with van der Waals surface area (Å²) in [5.41, 5.74) is 0.762. The van der Waals surface area contributed by atoms with Crippen LogP contribution >= 0.6 is 24.0 Å². The number of benzene rings is 1. The van der Waals surface area contributed by atoms with Crippen molar-refractivity contribution in [3.05, 3.63) is 35.4 Å². The zero-order valence-electron chi connectivity index (χ0n) is 16.9. The molecular weight excluding hydrogens is 477 g/mol. The van der Waals surface area contributed by atoms with E-state index in [-0.39, 0.29) is 35.4 Å². The Bertz CT molecular complexity index is 676. The number of hydrogen-bond donors (Lipinski definition) is 1. The van der Waals surface area contributed by atoms with Crippen molar-refractivity contribution >= 4 is 29.9 Å². The van der Waals surface area contributed by atoms with Crippen molar-refractivity contribution in [3.8, 4) is 0 Å². The van der Waals surface area contributed by atoms with E-state index in [2.05, 4.69) is 27.0 Å². The quantitative estimate of drug-likeness (QED) is 0.377. The van der Waals surface area contributed by atoms with Gasteiger partial charge in [0, 0.05) is 62.9 Å². The van der Waals surface area contributed by atoms with Gasteiger partial charge in [-0.05, 0) is 12.5 Å². The van der Waals surface area contributed by atoms with Gasteiger partial charge in [0.25, 0.3) is 0 Å². The molecule has 28 heavy (non-hydrogen) atoms. The fourth-order valence-corrected chi connectivity index (χ4v) is 3.87. The van der Waals surface area contributed by atoms with Gasteiger partial charge in [-0.1, -0.05) is 19.9 Å². The highest BCUT2D eigenvalue weighted by Gasteiger charge is 2.34. The smallest absolute Gasteiger partial charge is 0.193 e. The first-order valence-electron chi connectivity index (χ1n) is 9.68. The van der Waals surface area contributed by atoms with Gasteiger partial charge < -0.3 is 15.0 Å². The van der Waals surface area contributed by atoms with Crippen LogP contribution in [0.2, 0.25) is 0 Å². The first-order valence-corrected chi connectivity index (χ1v) is 9.68. The largest absolute Gasteiger partial charge is 0.380 e. The summed E-state index contributed by atoms with van der Waals surface area (Å²) in [6, 6.07) is 3.86. The Kier molecular flexibility index (Phi) is 8.44. The fourth-order valence-electron chi connectivity index (χ4n) is 3.87. The zero-order chi connectivity index (χ0) is 19.4. The van der Waals surface area contributed by atoms with E-state index < -0.39 is 11.6 Å². The van der Waals surface area contributed by atoms with E-state index in [1.165, 1.54) is 6.07 Å². The minimum Gasteiger partial charge on any atom is -0.380 e. The van der Waals surface area contributed by atoms with Crippen LogP contribution in [0.3, 0.4) is 0 Å². The van der Waals surface area contributed by atoms with Crippen LogP contribution in [0.15, 0.2) is 23.2 Å². The SMILES string of the molecule is CCC(c1ccc(F)cc1F)N1CCN(C(=NC)NCC2(C)COC2)CC1.I. The second-order valence-electron chi connectivity index (χ2n) is 7.82. The van der Waals surface area contributed by atoms with E-state index >= 15 is 0 Å². The molecule has 8 heteroatoms. The third-order valence-corrected chi connectivity index (χ3v) is 5.55. The molecule has 3 rings (SSSR count). The maximum absolute atomic E-state index is 14.2.